The molecule has 0 aliphatic carbocycles. The summed E-state index contributed by atoms with van der Waals surface area (Å²) in [7, 11) is 0. The molecule has 0 aromatic carbocycles. The van der Waals surface area contributed by atoms with E-state index < -0.39 is 0 Å². The summed E-state index contributed by atoms with van der Waals surface area (Å²) < 4.78 is 11.4. The molecule has 0 bridgehead atoms. The summed E-state index contributed by atoms with van der Waals surface area (Å²) >= 11 is 0. The summed E-state index contributed by atoms with van der Waals surface area (Å²) in [6.07, 6.45) is 8.61. The number of aromatic nitrogens is 2. The minimum atomic E-state index is -0.160. The molecule has 2 fully saturated rings. The fraction of sp³-hybridized carbons (Fsp3) is 0.526. The van der Waals surface area contributed by atoms with E-state index in [2.05, 4.69) is 15.3 Å². The molecule has 1 atom stereocenters. The maximum Gasteiger partial charge on any atom is 0.257 e. The van der Waals surface area contributed by atoms with E-state index in [1.165, 1.54) is 0 Å². The molecule has 0 radical (unpaired) electrons. The Hall–Kier alpha value is -2.41. The highest BCUT2D eigenvalue weighted by Crippen LogP contribution is 2.36. The van der Waals surface area contributed by atoms with Crippen molar-refractivity contribution in [2.24, 2.45) is 0 Å². The van der Waals surface area contributed by atoms with Crippen LogP contribution in [0.4, 0.5) is 5.95 Å². The Morgan fingerprint density at radius 1 is 1.31 bits per heavy atom. The van der Waals surface area contributed by atoms with Gasteiger partial charge in [-0.3, -0.25) is 4.79 Å². The zero-order chi connectivity index (χ0) is 18.0. The molecule has 1 amide bonds. The number of hydrogen-bond donors (Lipinski definition) is 1. The van der Waals surface area contributed by atoms with Crippen LogP contribution in [0.3, 0.4) is 0 Å². The van der Waals surface area contributed by atoms with Crippen LogP contribution in [0.1, 0.15) is 41.8 Å². The standard InChI is InChI=1S/C19H24N4O3/c1-14-16(4-11-25-14)17(24)23-9-5-19(6-10-23)13-15(3-12-26-19)22-18-20-7-2-8-21-18/h2,4,7-8,11,15H,3,5-6,9-10,12-13H2,1H3,(H,20,21,22)/t15-/m0/s1. The fourth-order valence-electron chi connectivity index (χ4n) is 3.95. The van der Waals surface area contributed by atoms with Crippen LogP contribution in [0.15, 0.2) is 35.2 Å². The smallest absolute Gasteiger partial charge is 0.257 e. The van der Waals surface area contributed by atoms with Crippen LogP contribution in [-0.4, -0.2) is 52.1 Å². The van der Waals surface area contributed by atoms with E-state index in [9.17, 15) is 4.79 Å². The van der Waals surface area contributed by atoms with E-state index in [-0.39, 0.29) is 11.5 Å². The van der Waals surface area contributed by atoms with Crippen LogP contribution in [0.5, 0.6) is 0 Å². The Labute approximate surface area is 152 Å². The van der Waals surface area contributed by atoms with E-state index in [4.69, 9.17) is 9.15 Å². The van der Waals surface area contributed by atoms with Crippen molar-refractivity contribution in [3.05, 3.63) is 42.1 Å². The van der Waals surface area contributed by atoms with Crippen molar-refractivity contribution in [1.82, 2.24) is 14.9 Å². The molecular formula is C19H24N4O3. The van der Waals surface area contributed by atoms with Crippen molar-refractivity contribution < 1.29 is 13.9 Å². The second-order valence-electron chi connectivity index (χ2n) is 7.12. The number of hydrogen-bond acceptors (Lipinski definition) is 6. The average Bonchev–Trinajstić information content (AvgIpc) is 3.09. The lowest BCUT2D eigenvalue weighted by molar-refractivity contribution is -0.110. The van der Waals surface area contributed by atoms with Crippen molar-refractivity contribution in [1.29, 1.82) is 0 Å². The van der Waals surface area contributed by atoms with Crippen LogP contribution in [0.2, 0.25) is 0 Å². The summed E-state index contributed by atoms with van der Waals surface area (Å²) in [6.45, 7) is 3.96. The predicted molar refractivity (Wildman–Crippen MR) is 95.9 cm³/mol. The molecular weight excluding hydrogens is 332 g/mol. The quantitative estimate of drug-likeness (QED) is 0.911. The molecule has 2 saturated heterocycles. The van der Waals surface area contributed by atoms with Gasteiger partial charge in [0.2, 0.25) is 5.95 Å². The first-order valence-corrected chi connectivity index (χ1v) is 9.16. The number of rotatable bonds is 3. The van der Waals surface area contributed by atoms with Gasteiger partial charge in [-0.1, -0.05) is 0 Å². The first-order chi connectivity index (χ1) is 12.7. The summed E-state index contributed by atoms with van der Waals surface area (Å²) in [5.74, 6) is 1.39. The number of aryl methyl sites for hydroxylation is 1. The largest absolute Gasteiger partial charge is 0.469 e. The monoisotopic (exact) mass is 356 g/mol. The molecule has 2 aliphatic heterocycles. The summed E-state index contributed by atoms with van der Waals surface area (Å²) in [5, 5.41) is 3.42. The van der Waals surface area contributed by atoms with Gasteiger partial charge in [0.1, 0.15) is 5.76 Å². The molecule has 7 nitrogen and oxygen atoms in total. The number of anilines is 1. The van der Waals surface area contributed by atoms with Gasteiger partial charge in [-0.2, -0.15) is 0 Å². The van der Waals surface area contributed by atoms with E-state index in [0.717, 1.165) is 32.3 Å². The van der Waals surface area contributed by atoms with Crippen LogP contribution < -0.4 is 5.32 Å². The molecule has 4 rings (SSSR count). The maximum atomic E-state index is 12.7. The second-order valence-corrected chi connectivity index (χ2v) is 7.12. The number of likely N-dealkylation sites (tertiary alicyclic amines) is 1. The lowest BCUT2D eigenvalue weighted by Gasteiger charge is -2.46. The summed E-state index contributed by atoms with van der Waals surface area (Å²) in [4.78, 5) is 23.1. The first-order valence-electron chi connectivity index (χ1n) is 9.16. The lowest BCUT2D eigenvalue weighted by Crippen LogP contribution is -2.52. The predicted octanol–water partition coefficient (Wildman–Crippen LogP) is 2.64. The van der Waals surface area contributed by atoms with Crippen molar-refractivity contribution in [3.8, 4) is 0 Å². The molecule has 2 aromatic heterocycles. The average molecular weight is 356 g/mol. The van der Waals surface area contributed by atoms with E-state index in [1.807, 2.05) is 17.9 Å². The molecule has 1 spiro atoms. The van der Waals surface area contributed by atoms with E-state index in [0.29, 0.717) is 36.4 Å². The van der Waals surface area contributed by atoms with Gasteiger partial charge in [-0.15, -0.1) is 0 Å². The van der Waals surface area contributed by atoms with Crippen molar-refractivity contribution in [2.45, 2.75) is 44.2 Å². The third-order valence-corrected chi connectivity index (χ3v) is 5.44. The third-order valence-electron chi connectivity index (χ3n) is 5.44. The first kappa shape index (κ1) is 17.0. The zero-order valence-corrected chi connectivity index (χ0v) is 15.0. The molecule has 4 heterocycles. The number of nitrogens with zero attached hydrogens (tertiary/aromatic N) is 3. The van der Waals surface area contributed by atoms with Crippen LogP contribution >= 0.6 is 0 Å². The molecule has 2 aromatic rings. The van der Waals surface area contributed by atoms with Gasteiger partial charge in [-0.25, -0.2) is 9.97 Å². The molecule has 26 heavy (non-hydrogen) atoms. The number of carbonyl (C=O) groups excluding carboxylic acids is 1. The Morgan fingerprint density at radius 3 is 2.77 bits per heavy atom. The number of nitrogens with one attached hydrogen (secondary N) is 1. The van der Waals surface area contributed by atoms with Crippen LogP contribution in [0, 0.1) is 6.92 Å². The zero-order valence-electron chi connectivity index (χ0n) is 15.0. The fourth-order valence-corrected chi connectivity index (χ4v) is 3.95. The van der Waals surface area contributed by atoms with Gasteiger partial charge in [0.25, 0.3) is 5.91 Å². The van der Waals surface area contributed by atoms with Gasteiger partial charge < -0.3 is 19.4 Å². The van der Waals surface area contributed by atoms with Crippen molar-refractivity contribution >= 4 is 11.9 Å². The summed E-state index contributed by atoms with van der Waals surface area (Å²) in [6, 6.07) is 3.86. The molecule has 2 aliphatic rings. The van der Waals surface area contributed by atoms with Crippen LogP contribution in [0.25, 0.3) is 0 Å². The topological polar surface area (TPSA) is 80.5 Å². The molecule has 0 unspecified atom stereocenters. The molecule has 1 N–H and O–H groups in total. The minimum Gasteiger partial charge on any atom is -0.469 e. The number of carbonyl (C=O) groups is 1. The lowest BCUT2D eigenvalue weighted by atomic mass is 9.82. The number of ether oxygens (including phenoxy) is 1. The van der Waals surface area contributed by atoms with Crippen LogP contribution in [-0.2, 0) is 4.74 Å². The highest BCUT2D eigenvalue weighted by Gasteiger charge is 2.41. The SMILES string of the molecule is Cc1occc1C(=O)N1CCC2(CC1)C[C@@H](Nc1ncccn1)CCO2. The third kappa shape index (κ3) is 3.44. The Morgan fingerprint density at radius 2 is 2.08 bits per heavy atom. The number of furan rings is 1. The Bertz CT molecular complexity index is 753. The van der Waals surface area contributed by atoms with Gasteiger partial charge >= 0.3 is 0 Å². The highest BCUT2D eigenvalue weighted by atomic mass is 16.5. The normalized spacial score (nSPS) is 22.3. The van der Waals surface area contributed by atoms with E-state index >= 15 is 0 Å². The van der Waals surface area contributed by atoms with Crippen molar-refractivity contribution in [2.75, 3.05) is 25.0 Å². The second kappa shape index (κ2) is 7.07. The van der Waals surface area contributed by atoms with E-state index in [1.54, 1.807) is 24.7 Å². The molecule has 0 saturated carbocycles. The molecule has 138 valence electrons. The molecule has 7 heteroatoms. The van der Waals surface area contributed by atoms with Gasteiger partial charge in [0, 0.05) is 38.1 Å². The number of piperidine rings is 1. The summed E-state index contributed by atoms with van der Waals surface area (Å²) in [5.41, 5.74) is 0.499. The minimum absolute atomic E-state index is 0.0502. The Kier molecular flexibility index (Phi) is 4.63. The van der Waals surface area contributed by atoms with Gasteiger partial charge in [-0.05, 0) is 44.7 Å². The van der Waals surface area contributed by atoms with Gasteiger partial charge in [0.15, 0.2) is 0 Å². The highest BCUT2D eigenvalue weighted by molar-refractivity contribution is 5.95. The van der Waals surface area contributed by atoms with Gasteiger partial charge in [0.05, 0.1) is 17.4 Å². The number of amides is 1. The van der Waals surface area contributed by atoms with Crippen molar-refractivity contribution in [3.63, 3.8) is 0 Å². The maximum absolute atomic E-state index is 12.7. The Balaban J connectivity index is 1.37.